The zero-order valence-electron chi connectivity index (χ0n) is 22.4. The second-order valence-electron chi connectivity index (χ2n) is 14.8. The van der Waals surface area contributed by atoms with Crippen molar-refractivity contribution in [1.82, 2.24) is 0 Å². The van der Waals surface area contributed by atoms with E-state index in [1.54, 1.807) is 0 Å². The lowest BCUT2D eigenvalue weighted by Gasteiger charge is -2.73. The fraction of sp³-hybridized carbons (Fsp3) is 0.900. The third-order valence-corrected chi connectivity index (χ3v) is 13.9. The number of allylic oxidation sites excluding steroid dienone is 1. The van der Waals surface area contributed by atoms with Crippen molar-refractivity contribution in [2.75, 3.05) is 0 Å². The second kappa shape index (κ2) is 6.52. The van der Waals surface area contributed by atoms with Crippen LogP contribution in [0.3, 0.4) is 0 Å². The maximum atomic E-state index is 13.7. The number of carbonyl (C=O) groups excluding carboxylic acids is 1. The smallest absolute Gasteiger partial charge is 0.313 e. The highest BCUT2D eigenvalue weighted by Gasteiger charge is 2.81. The van der Waals surface area contributed by atoms with Crippen LogP contribution in [-0.2, 0) is 9.53 Å². The van der Waals surface area contributed by atoms with Crippen molar-refractivity contribution in [2.45, 2.75) is 111 Å². The molecule has 12 atom stereocenters. The minimum absolute atomic E-state index is 0.000448. The van der Waals surface area contributed by atoms with Gasteiger partial charge in [0.2, 0.25) is 0 Å². The summed E-state index contributed by atoms with van der Waals surface area (Å²) < 4.78 is 6.65. The molecule has 1 spiro atoms. The number of aliphatic hydroxyl groups excluding tert-OH is 2. The predicted molar refractivity (Wildman–Crippen MR) is 132 cm³/mol. The van der Waals surface area contributed by atoms with Gasteiger partial charge in [0.1, 0.15) is 5.60 Å². The molecule has 1 aliphatic heterocycles. The topological polar surface area (TPSA) is 66.8 Å². The molecule has 6 rings (SSSR count). The molecule has 2 unspecified atom stereocenters. The number of ether oxygens (including phenoxy) is 1. The van der Waals surface area contributed by atoms with Gasteiger partial charge in [0.25, 0.3) is 0 Å². The molecule has 5 fully saturated rings. The minimum atomic E-state index is -0.629. The minimum Gasteiger partial charge on any atom is -0.453 e. The van der Waals surface area contributed by atoms with Crippen LogP contribution in [-0.4, -0.2) is 34.0 Å². The summed E-state index contributed by atoms with van der Waals surface area (Å²) in [7, 11) is 0. The van der Waals surface area contributed by atoms with Crippen LogP contribution < -0.4 is 0 Å². The lowest BCUT2D eigenvalue weighted by molar-refractivity contribution is -0.278. The molecule has 1 heterocycles. The highest BCUT2D eigenvalue weighted by atomic mass is 16.6. The first kappa shape index (κ1) is 23.5. The summed E-state index contributed by atoms with van der Waals surface area (Å²) in [6.45, 7) is 16.2. The van der Waals surface area contributed by atoms with Gasteiger partial charge in [-0.05, 0) is 85.5 Å². The average molecular weight is 471 g/mol. The summed E-state index contributed by atoms with van der Waals surface area (Å²) in [4.78, 5) is 13.7. The van der Waals surface area contributed by atoms with E-state index < -0.39 is 11.7 Å². The van der Waals surface area contributed by atoms with Crippen molar-refractivity contribution in [2.24, 2.45) is 56.7 Å². The molecular formula is C30H46O4. The zero-order chi connectivity index (χ0) is 24.7. The molecule has 2 bridgehead atoms. The third-order valence-electron chi connectivity index (χ3n) is 13.9. The summed E-state index contributed by atoms with van der Waals surface area (Å²) in [5.74, 6) is 1.65. The Kier molecular flexibility index (Phi) is 4.51. The van der Waals surface area contributed by atoms with E-state index in [4.69, 9.17) is 4.74 Å². The summed E-state index contributed by atoms with van der Waals surface area (Å²) in [6, 6.07) is 0. The number of carbonyl (C=O) groups is 1. The van der Waals surface area contributed by atoms with Gasteiger partial charge in [-0.1, -0.05) is 54.5 Å². The largest absolute Gasteiger partial charge is 0.453 e. The van der Waals surface area contributed by atoms with Crippen LogP contribution in [0, 0.1) is 56.7 Å². The molecule has 0 radical (unpaired) electrons. The Morgan fingerprint density at radius 2 is 1.65 bits per heavy atom. The second-order valence-corrected chi connectivity index (χ2v) is 14.8. The van der Waals surface area contributed by atoms with E-state index in [0.29, 0.717) is 18.3 Å². The number of fused-ring (bicyclic) bond motifs is 4. The quantitative estimate of drug-likeness (QED) is 0.362. The normalized spacial score (nSPS) is 61.6. The maximum absolute atomic E-state index is 13.7. The van der Waals surface area contributed by atoms with E-state index in [9.17, 15) is 15.0 Å². The molecule has 4 heteroatoms. The summed E-state index contributed by atoms with van der Waals surface area (Å²) >= 11 is 0. The zero-order valence-corrected chi connectivity index (χ0v) is 22.4. The maximum Gasteiger partial charge on any atom is 0.313 e. The van der Waals surface area contributed by atoms with Crippen LogP contribution in [0.15, 0.2) is 12.2 Å². The monoisotopic (exact) mass is 470 g/mol. The van der Waals surface area contributed by atoms with Crippen molar-refractivity contribution in [3.05, 3.63) is 12.2 Å². The summed E-state index contributed by atoms with van der Waals surface area (Å²) in [5.41, 5.74) is -1.91. The molecule has 4 nitrogen and oxygen atoms in total. The van der Waals surface area contributed by atoms with Crippen molar-refractivity contribution < 1.29 is 19.7 Å². The molecule has 4 saturated carbocycles. The van der Waals surface area contributed by atoms with Crippen molar-refractivity contribution in [1.29, 1.82) is 0 Å². The summed E-state index contributed by atoms with van der Waals surface area (Å²) in [5, 5.41) is 23.0. The Balaban J connectivity index is 1.55. The van der Waals surface area contributed by atoms with Crippen LogP contribution in [0.25, 0.3) is 0 Å². The first-order valence-electron chi connectivity index (χ1n) is 14.0. The van der Waals surface area contributed by atoms with Gasteiger partial charge in [-0.2, -0.15) is 0 Å². The SMILES string of the molecule is C[C@H]1[C@H](C)CCC23CC[C@]4(C)C(C=C[C@@H]5[C@@]6(C)CC[C@H](O)C(C)(C)[C@@H]6C[C@H](O)[C@]54C)(OC2=O)[C@H]13. The predicted octanol–water partition coefficient (Wildman–Crippen LogP) is 5.51. The fourth-order valence-electron chi connectivity index (χ4n) is 11.4. The molecule has 0 aromatic rings. The van der Waals surface area contributed by atoms with Gasteiger partial charge < -0.3 is 14.9 Å². The van der Waals surface area contributed by atoms with E-state index in [2.05, 4.69) is 60.6 Å². The fourth-order valence-corrected chi connectivity index (χ4v) is 11.4. The van der Waals surface area contributed by atoms with Gasteiger partial charge in [-0.3, -0.25) is 4.79 Å². The lowest BCUT2D eigenvalue weighted by Crippen LogP contribution is -2.74. The molecule has 2 N–H and O–H groups in total. The molecule has 0 aromatic carbocycles. The van der Waals surface area contributed by atoms with E-state index in [0.717, 1.165) is 38.5 Å². The van der Waals surface area contributed by atoms with Crippen LogP contribution in [0.1, 0.15) is 93.4 Å². The Hall–Kier alpha value is -0.870. The van der Waals surface area contributed by atoms with E-state index >= 15 is 0 Å². The average Bonchev–Trinajstić information content (AvgIpc) is 2.97. The number of aliphatic hydroxyl groups is 2. The van der Waals surface area contributed by atoms with Gasteiger partial charge in [0, 0.05) is 16.7 Å². The Bertz CT molecular complexity index is 955. The number of hydrogen-bond donors (Lipinski definition) is 2. The Labute approximate surface area is 205 Å². The first-order chi connectivity index (χ1) is 15.7. The molecular weight excluding hydrogens is 424 g/mol. The Morgan fingerprint density at radius 1 is 0.941 bits per heavy atom. The van der Waals surface area contributed by atoms with Gasteiger partial charge in [0.05, 0.1) is 17.6 Å². The van der Waals surface area contributed by atoms with Crippen molar-refractivity contribution in [3.63, 3.8) is 0 Å². The molecule has 1 saturated heterocycles. The lowest BCUT2D eigenvalue weighted by atomic mass is 9.31. The van der Waals surface area contributed by atoms with Crippen molar-refractivity contribution >= 4 is 5.97 Å². The highest BCUT2D eigenvalue weighted by Crippen LogP contribution is 2.79. The summed E-state index contributed by atoms with van der Waals surface area (Å²) in [6.07, 6.45) is 10.3. The van der Waals surface area contributed by atoms with Crippen LogP contribution in [0.4, 0.5) is 0 Å². The number of hydrogen-bond acceptors (Lipinski definition) is 4. The van der Waals surface area contributed by atoms with E-state index in [-0.39, 0.29) is 56.9 Å². The number of esters is 1. The van der Waals surface area contributed by atoms with Crippen molar-refractivity contribution in [3.8, 4) is 0 Å². The van der Waals surface area contributed by atoms with Gasteiger partial charge >= 0.3 is 5.97 Å². The first-order valence-corrected chi connectivity index (χ1v) is 14.0. The van der Waals surface area contributed by atoms with Crippen LogP contribution >= 0.6 is 0 Å². The molecule has 6 aliphatic rings. The standard InChI is InChI=1S/C30H46O4/c1-17-8-12-29-15-14-27(6)28(7)19(9-13-30(27,34-24(29)33)23(29)18(17)2)26(5)11-10-21(31)25(3,4)20(26)16-22(28)32/h9,13,17-23,31-32H,8,10-12,14-16H2,1-7H3/t17-,18+,19-,20+,21+,22+,23-,26-,27+,28+,29?,30?/m1/s1. The van der Waals surface area contributed by atoms with Crippen LogP contribution in [0.5, 0.6) is 0 Å². The van der Waals surface area contributed by atoms with Gasteiger partial charge in [-0.25, -0.2) is 0 Å². The molecule has 34 heavy (non-hydrogen) atoms. The molecule has 5 aliphatic carbocycles. The highest BCUT2D eigenvalue weighted by molar-refractivity contribution is 5.82. The van der Waals surface area contributed by atoms with Gasteiger partial charge in [0.15, 0.2) is 0 Å². The Morgan fingerprint density at radius 3 is 2.35 bits per heavy atom. The van der Waals surface area contributed by atoms with Gasteiger partial charge in [-0.15, -0.1) is 0 Å². The van der Waals surface area contributed by atoms with E-state index in [1.165, 1.54) is 0 Å². The molecule has 0 aromatic heterocycles. The molecule has 0 amide bonds. The number of rotatable bonds is 0. The third kappa shape index (κ3) is 2.21. The van der Waals surface area contributed by atoms with E-state index in [1.807, 2.05) is 0 Å². The van der Waals surface area contributed by atoms with Crippen LogP contribution in [0.2, 0.25) is 0 Å². The molecule has 190 valence electrons.